The molecule has 2 heterocycles. The first-order valence-corrected chi connectivity index (χ1v) is 11.5. The van der Waals surface area contributed by atoms with E-state index in [0.717, 1.165) is 30.4 Å². The van der Waals surface area contributed by atoms with Crippen LogP contribution < -0.4 is 10.1 Å². The maximum atomic E-state index is 12.6. The van der Waals surface area contributed by atoms with Crippen LogP contribution in [0.1, 0.15) is 49.9 Å². The number of urea groups is 1. The van der Waals surface area contributed by atoms with Gasteiger partial charge in [-0.3, -0.25) is 0 Å². The Bertz CT molecular complexity index is 956. The highest BCUT2D eigenvalue weighted by Gasteiger charge is 2.36. The van der Waals surface area contributed by atoms with Gasteiger partial charge in [0.15, 0.2) is 0 Å². The van der Waals surface area contributed by atoms with Crippen molar-refractivity contribution in [1.82, 2.24) is 15.2 Å². The number of benzene rings is 1. The second-order valence-electron chi connectivity index (χ2n) is 8.96. The smallest absolute Gasteiger partial charge is 0.338 e. The fourth-order valence-corrected chi connectivity index (χ4v) is 5.06. The topological polar surface area (TPSA) is 101 Å². The van der Waals surface area contributed by atoms with Crippen molar-refractivity contribution in [3.63, 3.8) is 0 Å². The van der Waals surface area contributed by atoms with Gasteiger partial charge in [0, 0.05) is 6.04 Å². The van der Waals surface area contributed by atoms with Gasteiger partial charge in [-0.1, -0.05) is 0 Å². The van der Waals surface area contributed by atoms with Crippen LogP contribution in [0.25, 0.3) is 10.2 Å². The van der Waals surface area contributed by atoms with Gasteiger partial charge in [-0.05, 0) is 57.6 Å². The summed E-state index contributed by atoms with van der Waals surface area (Å²) in [5.74, 6) is 0.397. The van der Waals surface area contributed by atoms with Crippen molar-refractivity contribution < 1.29 is 24.2 Å². The average Bonchev–Trinajstić information content (AvgIpc) is 3.18. The number of fused-ring (bicyclic) bond motifs is 1. The first-order chi connectivity index (χ1) is 14.7. The fraction of sp³-hybridized carbons (Fsp3) is 0.591. The maximum Gasteiger partial charge on any atom is 0.338 e. The predicted molar refractivity (Wildman–Crippen MR) is 118 cm³/mol. The average molecular weight is 448 g/mol. The quantitative estimate of drug-likeness (QED) is 0.683. The molecule has 2 aromatic rings. The summed E-state index contributed by atoms with van der Waals surface area (Å²) >= 11 is 1.43. The molecular weight excluding hydrogens is 418 g/mol. The summed E-state index contributed by atoms with van der Waals surface area (Å²) in [7, 11) is 1.35. The Kier molecular flexibility index (Phi) is 6.07. The molecule has 1 aromatic heterocycles. The van der Waals surface area contributed by atoms with Crippen LogP contribution in [0.2, 0.25) is 0 Å². The zero-order chi connectivity index (χ0) is 22.2. The van der Waals surface area contributed by atoms with E-state index in [1.807, 2.05) is 13.8 Å². The van der Waals surface area contributed by atoms with Crippen LogP contribution in [0.4, 0.5) is 4.79 Å². The highest BCUT2D eigenvalue weighted by atomic mass is 32.1. The van der Waals surface area contributed by atoms with Gasteiger partial charge in [-0.2, -0.15) is 0 Å². The lowest BCUT2D eigenvalue weighted by Crippen LogP contribution is -2.60. The number of carbonyl (C=O) groups is 2. The third-order valence-electron chi connectivity index (χ3n) is 6.31. The lowest BCUT2D eigenvalue weighted by Gasteiger charge is -2.41. The van der Waals surface area contributed by atoms with Gasteiger partial charge >= 0.3 is 12.0 Å². The number of thiazole rings is 1. The van der Waals surface area contributed by atoms with E-state index < -0.39 is 11.6 Å². The normalized spacial score (nSPS) is 22.1. The zero-order valence-corrected chi connectivity index (χ0v) is 18.9. The number of nitrogens with one attached hydrogen (secondary N) is 1. The van der Waals surface area contributed by atoms with Crippen LogP contribution in [0.5, 0.6) is 5.75 Å². The Morgan fingerprint density at radius 3 is 2.58 bits per heavy atom. The molecule has 1 aliphatic heterocycles. The molecule has 1 aromatic carbocycles. The minimum absolute atomic E-state index is 0.0753. The molecule has 0 radical (unpaired) electrons. The molecule has 31 heavy (non-hydrogen) atoms. The summed E-state index contributed by atoms with van der Waals surface area (Å²) in [4.78, 5) is 30.6. The maximum absolute atomic E-state index is 12.6. The first-order valence-electron chi connectivity index (χ1n) is 10.6. The Hall–Kier alpha value is -2.39. The number of rotatable bonds is 5. The van der Waals surface area contributed by atoms with Crippen LogP contribution in [-0.4, -0.2) is 64.9 Å². The molecule has 2 amide bonds. The molecule has 8 nitrogen and oxygen atoms in total. The minimum Gasteiger partial charge on any atom is -0.484 e. The van der Waals surface area contributed by atoms with Crippen molar-refractivity contribution in [3.8, 4) is 5.75 Å². The summed E-state index contributed by atoms with van der Waals surface area (Å²) in [6.45, 7) is 4.69. The Morgan fingerprint density at radius 2 is 1.94 bits per heavy atom. The summed E-state index contributed by atoms with van der Waals surface area (Å²) in [6.07, 6.45) is 3.46. The highest BCUT2D eigenvalue weighted by Crippen LogP contribution is 2.33. The molecule has 168 valence electrons. The Morgan fingerprint density at radius 1 is 1.23 bits per heavy atom. The number of nitrogens with zero attached hydrogens (tertiary/aromatic N) is 2. The van der Waals surface area contributed by atoms with Gasteiger partial charge in [0.05, 0.1) is 41.6 Å². The van der Waals surface area contributed by atoms with Crippen LogP contribution in [-0.2, 0) is 4.74 Å². The van der Waals surface area contributed by atoms with Crippen molar-refractivity contribution in [2.45, 2.75) is 57.3 Å². The number of ether oxygens (including phenoxy) is 2. The highest BCUT2D eigenvalue weighted by molar-refractivity contribution is 7.16. The van der Waals surface area contributed by atoms with E-state index in [1.54, 1.807) is 22.5 Å². The van der Waals surface area contributed by atoms with Gasteiger partial charge in [0.1, 0.15) is 17.4 Å². The summed E-state index contributed by atoms with van der Waals surface area (Å²) in [6, 6.07) is 3.47. The molecule has 2 aliphatic rings. The SMILES string of the molecule is COC(=O)c1cc(OC2CN(C(=O)NC3CCC(C(C)(C)O)CC3)C2)c2ncsc2c1. The summed E-state index contributed by atoms with van der Waals surface area (Å²) in [5.41, 5.74) is 2.19. The zero-order valence-electron chi connectivity index (χ0n) is 18.1. The fourth-order valence-electron chi connectivity index (χ4n) is 4.33. The molecule has 9 heteroatoms. The second kappa shape index (κ2) is 8.63. The molecule has 1 aliphatic carbocycles. The van der Waals surface area contributed by atoms with E-state index in [4.69, 9.17) is 9.47 Å². The van der Waals surface area contributed by atoms with E-state index in [9.17, 15) is 14.7 Å². The standard InChI is InChI=1S/C22H29N3O5S/c1-22(2,28)14-4-6-15(7-5-14)24-21(27)25-10-16(11-25)30-17-8-13(20(26)29-3)9-18-19(17)23-12-31-18/h8-9,12,14-16,28H,4-7,10-11H2,1-3H3,(H,24,27). The lowest BCUT2D eigenvalue weighted by molar-refractivity contribution is -0.00326. The van der Waals surface area contributed by atoms with Crippen molar-refractivity contribution in [2.75, 3.05) is 20.2 Å². The van der Waals surface area contributed by atoms with E-state index >= 15 is 0 Å². The van der Waals surface area contributed by atoms with Crippen molar-refractivity contribution >= 4 is 33.6 Å². The van der Waals surface area contributed by atoms with Crippen molar-refractivity contribution in [3.05, 3.63) is 23.2 Å². The van der Waals surface area contributed by atoms with Gasteiger partial charge < -0.3 is 24.8 Å². The lowest BCUT2D eigenvalue weighted by atomic mass is 9.77. The molecule has 2 N–H and O–H groups in total. The van der Waals surface area contributed by atoms with E-state index in [0.29, 0.717) is 29.9 Å². The number of esters is 1. The van der Waals surface area contributed by atoms with Crippen LogP contribution in [0, 0.1) is 5.92 Å². The molecule has 0 unspecified atom stereocenters. The molecule has 0 spiro atoms. The second-order valence-corrected chi connectivity index (χ2v) is 9.85. The van der Waals surface area contributed by atoms with Gasteiger partial charge in [0.25, 0.3) is 0 Å². The van der Waals surface area contributed by atoms with Crippen molar-refractivity contribution in [2.24, 2.45) is 5.92 Å². The molecule has 0 atom stereocenters. The van der Waals surface area contributed by atoms with E-state index in [2.05, 4.69) is 10.3 Å². The summed E-state index contributed by atoms with van der Waals surface area (Å²) < 4.78 is 11.7. The number of amides is 2. The monoisotopic (exact) mass is 447 g/mol. The number of aliphatic hydroxyl groups is 1. The third kappa shape index (κ3) is 4.77. The van der Waals surface area contributed by atoms with Crippen LogP contribution >= 0.6 is 11.3 Å². The van der Waals surface area contributed by atoms with Crippen LogP contribution in [0.15, 0.2) is 17.6 Å². The van der Waals surface area contributed by atoms with E-state index in [1.165, 1.54) is 18.4 Å². The molecule has 2 fully saturated rings. The molecule has 0 bridgehead atoms. The third-order valence-corrected chi connectivity index (χ3v) is 7.08. The Balaban J connectivity index is 1.30. The Labute approximate surface area is 185 Å². The minimum atomic E-state index is -0.662. The predicted octanol–water partition coefficient (Wildman–Crippen LogP) is 3.19. The van der Waals surface area contributed by atoms with Gasteiger partial charge in [0.2, 0.25) is 0 Å². The summed E-state index contributed by atoms with van der Waals surface area (Å²) in [5, 5.41) is 13.3. The van der Waals surface area contributed by atoms with Gasteiger partial charge in [-0.15, -0.1) is 11.3 Å². The largest absolute Gasteiger partial charge is 0.484 e. The number of carbonyl (C=O) groups excluding carboxylic acids is 2. The number of methoxy groups -OCH3 is 1. The van der Waals surface area contributed by atoms with Gasteiger partial charge in [-0.25, -0.2) is 14.6 Å². The van der Waals surface area contributed by atoms with Crippen molar-refractivity contribution in [1.29, 1.82) is 0 Å². The van der Waals surface area contributed by atoms with Crippen LogP contribution in [0.3, 0.4) is 0 Å². The van der Waals surface area contributed by atoms with E-state index in [-0.39, 0.29) is 24.1 Å². The number of hydrogen-bond acceptors (Lipinski definition) is 7. The number of hydrogen-bond donors (Lipinski definition) is 2. The number of aromatic nitrogens is 1. The first kappa shape index (κ1) is 21.8. The molecule has 4 rings (SSSR count). The number of likely N-dealkylation sites (tertiary alicyclic amines) is 1. The molecular formula is C22H29N3O5S. The molecule has 1 saturated heterocycles. The molecule has 1 saturated carbocycles.